The van der Waals surface area contributed by atoms with Gasteiger partial charge in [0, 0.05) is 13.1 Å². The summed E-state index contributed by atoms with van der Waals surface area (Å²) in [5.41, 5.74) is 1.57. The van der Waals surface area contributed by atoms with Gasteiger partial charge in [0.05, 0.1) is 30.9 Å². The number of fused-ring (bicyclic) bond motifs is 3. The molecule has 0 aliphatic heterocycles. The number of ether oxygens (including phenoxy) is 2. The van der Waals surface area contributed by atoms with Crippen LogP contribution in [0.15, 0.2) is 65.1 Å². The number of methoxy groups -OCH3 is 2. The number of carbonyl (C=O) groups is 1. The van der Waals surface area contributed by atoms with Gasteiger partial charge in [-0.2, -0.15) is 0 Å². The van der Waals surface area contributed by atoms with E-state index >= 15 is 0 Å². The van der Waals surface area contributed by atoms with Gasteiger partial charge >= 0.3 is 0 Å². The van der Waals surface area contributed by atoms with Gasteiger partial charge in [0.1, 0.15) is 0 Å². The lowest BCUT2D eigenvalue weighted by molar-refractivity contribution is -0.118. The second-order valence-electron chi connectivity index (χ2n) is 7.42. The molecule has 0 saturated heterocycles. The molecule has 0 radical (unpaired) electrons. The minimum atomic E-state index is -0.153. The van der Waals surface area contributed by atoms with Crippen LogP contribution >= 0.6 is 11.8 Å². The Hall–Kier alpha value is -3.79. The summed E-state index contributed by atoms with van der Waals surface area (Å²) in [7, 11) is 3.18. The molecule has 0 bridgehead atoms. The van der Waals surface area contributed by atoms with Crippen LogP contribution in [-0.4, -0.2) is 51.6 Å². The Kier molecular flexibility index (Phi) is 7.17. The van der Waals surface area contributed by atoms with E-state index in [4.69, 9.17) is 9.47 Å². The number of rotatable bonds is 10. The van der Waals surface area contributed by atoms with E-state index in [2.05, 4.69) is 22.1 Å². The van der Waals surface area contributed by atoms with E-state index in [1.165, 1.54) is 16.3 Å². The summed E-state index contributed by atoms with van der Waals surface area (Å²) >= 11 is 1.27. The van der Waals surface area contributed by atoms with Gasteiger partial charge in [0.2, 0.25) is 11.7 Å². The van der Waals surface area contributed by atoms with Crippen molar-refractivity contribution < 1.29 is 14.3 Å². The van der Waals surface area contributed by atoms with Crippen LogP contribution < -0.4 is 20.3 Å². The maximum Gasteiger partial charge on any atom is 0.263 e. The van der Waals surface area contributed by atoms with Gasteiger partial charge in [-0.05, 0) is 36.2 Å². The Morgan fingerprint density at radius 3 is 2.71 bits per heavy atom. The van der Waals surface area contributed by atoms with Gasteiger partial charge in [-0.1, -0.05) is 36.0 Å². The monoisotopic (exact) mass is 479 g/mol. The molecular weight excluding hydrogens is 454 g/mol. The first kappa shape index (κ1) is 23.4. The average molecular weight is 480 g/mol. The van der Waals surface area contributed by atoms with Crippen molar-refractivity contribution in [1.82, 2.24) is 24.5 Å². The van der Waals surface area contributed by atoms with E-state index in [-0.39, 0.29) is 17.2 Å². The number of amides is 1. The first-order valence-corrected chi connectivity index (χ1v) is 11.6. The molecule has 0 unspecified atom stereocenters. The van der Waals surface area contributed by atoms with Crippen LogP contribution in [0.25, 0.3) is 16.7 Å². The van der Waals surface area contributed by atoms with E-state index < -0.39 is 0 Å². The van der Waals surface area contributed by atoms with E-state index in [0.717, 1.165) is 5.56 Å². The summed E-state index contributed by atoms with van der Waals surface area (Å²) < 4.78 is 13.9. The molecule has 0 saturated carbocycles. The second-order valence-corrected chi connectivity index (χ2v) is 8.36. The fraction of sp³-hybridized carbons (Fsp3) is 0.250. The Balaban J connectivity index is 1.45. The molecule has 1 amide bonds. The number of nitrogens with zero attached hydrogens (tertiary/aromatic N) is 4. The van der Waals surface area contributed by atoms with E-state index in [0.29, 0.717) is 52.8 Å². The number of nitrogens with one attached hydrogen (secondary N) is 1. The van der Waals surface area contributed by atoms with E-state index in [1.54, 1.807) is 26.4 Å². The highest BCUT2D eigenvalue weighted by molar-refractivity contribution is 7.99. The first-order chi connectivity index (χ1) is 16.6. The first-order valence-electron chi connectivity index (χ1n) is 10.6. The zero-order valence-corrected chi connectivity index (χ0v) is 19.8. The van der Waals surface area contributed by atoms with Crippen molar-refractivity contribution in [2.75, 3.05) is 26.5 Å². The van der Waals surface area contributed by atoms with Crippen LogP contribution in [0.4, 0.5) is 0 Å². The smallest absolute Gasteiger partial charge is 0.263 e. The summed E-state index contributed by atoms with van der Waals surface area (Å²) in [6, 6.07) is 13.0. The van der Waals surface area contributed by atoms with Gasteiger partial charge in [0.25, 0.3) is 5.56 Å². The summed E-state index contributed by atoms with van der Waals surface area (Å²) in [6.45, 7) is 4.53. The highest BCUT2D eigenvalue weighted by Gasteiger charge is 2.17. The number of para-hydroxylation sites is 1. The van der Waals surface area contributed by atoms with Crippen LogP contribution in [-0.2, 0) is 17.8 Å². The van der Waals surface area contributed by atoms with Crippen molar-refractivity contribution in [3.8, 4) is 11.5 Å². The SMILES string of the molecule is C=CCn1c(=O)c2ccccc2n2c(SCC(=O)NCCc3ccc(OC)c(OC)c3)nnc12. The number of allylic oxidation sites excluding steroid dienone is 1. The highest BCUT2D eigenvalue weighted by Crippen LogP contribution is 2.27. The van der Waals surface area contributed by atoms with Gasteiger partial charge in [-0.25, -0.2) is 0 Å². The third kappa shape index (κ3) is 4.62. The quantitative estimate of drug-likeness (QED) is 0.276. The highest BCUT2D eigenvalue weighted by atomic mass is 32.2. The van der Waals surface area contributed by atoms with Crippen molar-refractivity contribution in [3.63, 3.8) is 0 Å². The maximum atomic E-state index is 12.9. The molecule has 2 aromatic carbocycles. The van der Waals surface area contributed by atoms with Crippen LogP contribution in [0.3, 0.4) is 0 Å². The topological polar surface area (TPSA) is 99.8 Å². The fourth-order valence-electron chi connectivity index (χ4n) is 3.68. The third-order valence-electron chi connectivity index (χ3n) is 5.31. The molecule has 2 aromatic heterocycles. The van der Waals surface area contributed by atoms with Crippen molar-refractivity contribution in [2.24, 2.45) is 0 Å². The summed E-state index contributed by atoms with van der Waals surface area (Å²) in [5.74, 6) is 1.79. The van der Waals surface area contributed by atoms with Gasteiger partial charge < -0.3 is 14.8 Å². The van der Waals surface area contributed by atoms with Crippen LogP contribution in [0.5, 0.6) is 11.5 Å². The van der Waals surface area contributed by atoms with Crippen molar-refractivity contribution in [2.45, 2.75) is 18.1 Å². The van der Waals surface area contributed by atoms with Gasteiger partial charge in [0.15, 0.2) is 16.7 Å². The average Bonchev–Trinajstić information content (AvgIpc) is 3.29. The Morgan fingerprint density at radius 2 is 1.94 bits per heavy atom. The second kappa shape index (κ2) is 10.4. The lowest BCUT2D eigenvalue weighted by atomic mass is 10.1. The molecule has 4 rings (SSSR count). The van der Waals surface area contributed by atoms with E-state index in [1.807, 2.05) is 40.8 Å². The fourth-order valence-corrected chi connectivity index (χ4v) is 4.45. The molecule has 4 aromatic rings. The molecular formula is C24H25N5O4S. The molecule has 2 heterocycles. The number of thioether (sulfide) groups is 1. The summed E-state index contributed by atoms with van der Waals surface area (Å²) in [5, 5.41) is 12.5. The largest absolute Gasteiger partial charge is 0.493 e. The summed E-state index contributed by atoms with van der Waals surface area (Å²) in [4.78, 5) is 25.3. The van der Waals surface area contributed by atoms with Crippen molar-refractivity contribution >= 4 is 34.3 Å². The van der Waals surface area contributed by atoms with Crippen LogP contribution in [0.2, 0.25) is 0 Å². The molecule has 0 aliphatic carbocycles. The predicted molar refractivity (Wildman–Crippen MR) is 132 cm³/mol. The Morgan fingerprint density at radius 1 is 1.15 bits per heavy atom. The van der Waals surface area contributed by atoms with Crippen LogP contribution in [0, 0.1) is 0 Å². The number of aromatic nitrogens is 4. The minimum absolute atomic E-state index is 0.119. The van der Waals surface area contributed by atoms with Crippen molar-refractivity contribution in [3.05, 3.63) is 71.0 Å². The zero-order chi connectivity index (χ0) is 24.1. The normalized spacial score (nSPS) is 11.0. The third-order valence-corrected chi connectivity index (χ3v) is 6.23. The van der Waals surface area contributed by atoms with Crippen LogP contribution in [0.1, 0.15) is 5.56 Å². The Labute approximate surface area is 200 Å². The molecule has 176 valence electrons. The number of hydrogen-bond acceptors (Lipinski definition) is 7. The molecule has 0 spiro atoms. The van der Waals surface area contributed by atoms with Crippen molar-refractivity contribution in [1.29, 1.82) is 0 Å². The standard InChI is InChI=1S/C24H25N5O4S/c1-4-13-28-22(31)17-7-5-6-8-18(17)29-23(28)26-27-24(29)34-15-21(30)25-12-11-16-9-10-19(32-2)20(14-16)33-3/h4-10,14H,1,11-13,15H2,2-3H3,(H,25,30). The molecule has 0 fully saturated rings. The number of hydrogen-bond donors (Lipinski definition) is 1. The molecule has 0 aliphatic rings. The molecule has 0 atom stereocenters. The lowest BCUT2D eigenvalue weighted by Gasteiger charge is -2.10. The molecule has 34 heavy (non-hydrogen) atoms. The Bertz CT molecular complexity index is 1410. The van der Waals surface area contributed by atoms with Gasteiger partial charge in [-0.15, -0.1) is 16.8 Å². The summed E-state index contributed by atoms with van der Waals surface area (Å²) in [6.07, 6.45) is 2.30. The molecule has 10 heteroatoms. The molecule has 1 N–H and O–H groups in total. The maximum absolute atomic E-state index is 12.9. The predicted octanol–water partition coefficient (Wildman–Crippen LogP) is 2.70. The minimum Gasteiger partial charge on any atom is -0.493 e. The molecule has 9 nitrogen and oxygen atoms in total. The lowest BCUT2D eigenvalue weighted by Crippen LogP contribution is -2.27. The van der Waals surface area contributed by atoms with E-state index in [9.17, 15) is 9.59 Å². The van der Waals surface area contributed by atoms with Gasteiger partial charge in [-0.3, -0.25) is 18.6 Å². The zero-order valence-electron chi connectivity index (χ0n) is 19.0. The number of benzene rings is 2. The number of carbonyl (C=O) groups excluding carboxylic acids is 1.